The smallest absolute Gasteiger partial charge is 0.416 e. The van der Waals surface area contributed by atoms with Gasteiger partial charge in [0.25, 0.3) is 5.89 Å². The van der Waals surface area contributed by atoms with Crippen LogP contribution in [-0.2, 0) is 12.7 Å². The number of carbonyl (C=O) groups is 1. The van der Waals surface area contributed by atoms with E-state index in [0.717, 1.165) is 12.1 Å². The topological polar surface area (TPSA) is 83.7 Å². The average molecular weight is 475 g/mol. The summed E-state index contributed by atoms with van der Waals surface area (Å²) < 4.78 is 49.0. The number of anilines is 1. The highest BCUT2D eigenvalue weighted by atomic mass is 19.4. The molecule has 2 heterocycles. The minimum absolute atomic E-state index is 0.162. The third kappa shape index (κ3) is 5.66. The molecule has 2 aromatic carbocycles. The molecule has 0 unspecified atom stereocenters. The molecule has 0 saturated carbocycles. The monoisotopic (exact) mass is 475 g/mol. The van der Waals surface area contributed by atoms with Crippen LogP contribution < -0.4 is 10.1 Å². The number of nitrogens with zero attached hydrogens (tertiary/aromatic N) is 4. The Morgan fingerprint density at radius 2 is 1.79 bits per heavy atom. The van der Waals surface area contributed by atoms with E-state index in [1.54, 1.807) is 17.0 Å². The molecule has 1 saturated heterocycles. The summed E-state index contributed by atoms with van der Waals surface area (Å²) in [5, 5.41) is 6.84. The fourth-order valence-corrected chi connectivity index (χ4v) is 3.59. The van der Waals surface area contributed by atoms with Crippen molar-refractivity contribution >= 4 is 11.7 Å². The van der Waals surface area contributed by atoms with E-state index in [4.69, 9.17) is 9.26 Å². The van der Waals surface area contributed by atoms with Crippen LogP contribution in [0.25, 0.3) is 11.5 Å². The Kier molecular flexibility index (Phi) is 7.01. The second-order valence-corrected chi connectivity index (χ2v) is 7.71. The van der Waals surface area contributed by atoms with Crippen molar-refractivity contribution in [1.82, 2.24) is 19.9 Å². The molecule has 8 nitrogen and oxygen atoms in total. The molecule has 0 aliphatic carbocycles. The van der Waals surface area contributed by atoms with Crippen LogP contribution >= 0.6 is 0 Å². The molecule has 1 aliphatic rings. The van der Waals surface area contributed by atoms with Crippen molar-refractivity contribution in [3.05, 3.63) is 59.9 Å². The van der Waals surface area contributed by atoms with Crippen molar-refractivity contribution in [1.29, 1.82) is 0 Å². The zero-order chi connectivity index (χ0) is 24.1. The zero-order valence-corrected chi connectivity index (χ0v) is 18.5. The summed E-state index contributed by atoms with van der Waals surface area (Å²) in [6.07, 6.45) is -4.40. The quantitative estimate of drug-likeness (QED) is 0.565. The first-order valence-electron chi connectivity index (χ1n) is 10.8. The van der Waals surface area contributed by atoms with Crippen LogP contribution in [0.4, 0.5) is 23.7 Å². The van der Waals surface area contributed by atoms with Gasteiger partial charge in [-0.25, -0.2) is 4.79 Å². The van der Waals surface area contributed by atoms with Crippen LogP contribution in [0.2, 0.25) is 0 Å². The van der Waals surface area contributed by atoms with E-state index in [2.05, 4.69) is 20.4 Å². The lowest BCUT2D eigenvalue weighted by atomic mass is 10.1. The van der Waals surface area contributed by atoms with Gasteiger partial charge in [-0.15, -0.1) is 0 Å². The van der Waals surface area contributed by atoms with Gasteiger partial charge in [0.15, 0.2) is 5.82 Å². The Hall–Kier alpha value is -3.60. The number of urea groups is 1. The molecule has 0 spiro atoms. The van der Waals surface area contributed by atoms with E-state index in [1.165, 1.54) is 12.1 Å². The maximum atomic E-state index is 12.7. The van der Waals surface area contributed by atoms with Crippen molar-refractivity contribution < 1.29 is 27.2 Å². The van der Waals surface area contributed by atoms with Crippen LogP contribution in [-0.4, -0.2) is 58.8 Å². The summed E-state index contributed by atoms with van der Waals surface area (Å²) in [4.78, 5) is 20.8. The first kappa shape index (κ1) is 23.6. The number of carbonyl (C=O) groups excluding carboxylic acids is 1. The number of hydrogen-bond donors (Lipinski definition) is 1. The van der Waals surface area contributed by atoms with Crippen molar-refractivity contribution in [2.75, 3.05) is 38.1 Å². The molecule has 11 heteroatoms. The normalized spacial score (nSPS) is 14.8. The van der Waals surface area contributed by atoms with E-state index >= 15 is 0 Å². The molecule has 180 valence electrons. The Morgan fingerprint density at radius 3 is 2.47 bits per heavy atom. The first-order valence-corrected chi connectivity index (χ1v) is 10.8. The van der Waals surface area contributed by atoms with E-state index in [9.17, 15) is 18.0 Å². The van der Waals surface area contributed by atoms with Crippen molar-refractivity contribution in [3.8, 4) is 17.2 Å². The summed E-state index contributed by atoms with van der Waals surface area (Å²) in [6, 6.07) is 11.7. The van der Waals surface area contributed by atoms with E-state index in [-0.39, 0.29) is 11.9 Å². The number of para-hydroxylation sites is 2. The summed E-state index contributed by atoms with van der Waals surface area (Å²) in [5.41, 5.74) is 0.305. The minimum Gasteiger partial charge on any atom is -0.492 e. The number of halogens is 3. The first-order chi connectivity index (χ1) is 16.3. The third-order valence-electron chi connectivity index (χ3n) is 5.38. The molecule has 1 aromatic heterocycles. The lowest BCUT2D eigenvalue weighted by molar-refractivity contribution is -0.137. The number of aromatic nitrogens is 2. The maximum Gasteiger partial charge on any atom is 0.416 e. The van der Waals surface area contributed by atoms with Crippen LogP contribution in [0.1, 0.15) is 18.3 Å². The largest absolute Gasteiger partial charge is 0.492 e. The molecule has 34 heavy (non-hydrogen) atoms. The number of benzene rings is 2. The van der Waals surface area contributed by atoms with Crippen LogP contribution in [0.5, 0.6) is 5.75 Å². The molecule has 3 aromatic rings. The van der Waals surface area contributed by atoms with Gasteiger partial charge in [-0.3, -0.25) is 4.90 Å². The highest BCUT2D eigenvalue weighted by molar-refractivity contribution is 5.91. The molecule has 0 atom stereocenters. The number of amides is 2. The van der Waals surface area contributed by atoms with E-state index < -0.39 is 11.7 Å². The van der Waals surface area contributed by atoms with Crippen LogP contribution in [0.3, 0.4) is 0 Å². The molecule has 0 bridgehead atoms. The Bertz CT molecular complexity index is 1110. The second-order valence-electron chi connectivity index (χ2n) is 7.71. The summed E-state index contributed by atoms with van der Waals surface area (Å²) >= 11 is 0. The van der Waals surface area contributed by atoms with Gasteiger partial charge in [-0.05, 0) is 43.3 Å². The Labute approximate surface area is 194 Å². The van der Waals surface area contributed by atoms with Gasteiger partial charge in [0.05, 0.1) is 24.4 Å². The molecule has 1 N–H and O–H groups in total. The van der Waals surface area contributed by atoms with Gasteiger partial charge in [0.2, 0.25) is 0 Å². The molecule has 1 fully saturated rings. The fourth-order valence-electron chi connectivity index (χ4n) is 3.59. The zero-order valence-electron chi connectivity index (χ0n) is 18.5. The lowest BCUT2D eigenvalue weighted by Gasteiger charge is -2.34. The highest BCUT2D eigenvalue weighted by Crippen LogP contribution is 2.30. The Morgan fingerprint density at radius 1 is 1.09 bits per heavy atom. The molecule has 4 rings (SSSR count). The van der Waals surface area contributed by atoms with Crippen molar-refractivity contribution in [2.45, 2.75) is 19.6 Å². The number of alkyl halides is 3. The highest BCUT2D eigenvalue weighted by Gasteiger charge is 2.30. The van der Waals surface area contributed by atoms with Crippen LogP contribution in [0, 0.1) is 0 Å². The number of hydrogen-bond acceptors (Lipinski definition) is 6. The van der Waals surface area contributed by atoms with E-state index in [0.29, 0.717) is 62.2 Å². The third-order valence-corrected chi connectivity index (χ3v) is 5.38. The van der Waals surface area contributed by atoms with Crippen molar-refractivity contribution in [3.63, 3.8) is 0 Å². The molecular weight excluding hydrogens is 451 g/mol. The summed E-state index contributed by atoms with van der Waals surface area (Å²) in [5.74, 6) is 1.21. The van der Waals surface area contributed by atoms with Crippen LogP contribution in [0.15, 0.2) is 53.1 Å². The number of ether oxygens (including phenoxy) is 1. The molecular formula is C23H24F3N5O3. The van der Waals surface area contributed by atoms with Gasteiger partial charge < -0.3 is 19.5 Å². The molecule has 1 aliphatic heterocycles. The number of rotatable bonds is 6. The Balaban J connectivity index is 1.29. The second kappa shape index (κ2) is 10.1. The molecule has 2 amide bonds. The number of piperazine rings is 1. The average Bonchev–Trinajstić information content (AvgIpc) is 3.29. The van der Waals surface area contributed by atoms with Gasteiger partial charge >= 0.3 is 12.2 Å². The van der Waals surface area contributed by atoms with Crippen molar-refractivity contribution in [2.24, 2.45) is 0 Å². The lowest BCUT2D eigenvalue weighted by Crippen LogP contribution is -2.49. The van der Waals surface area contributed by atoms with E-state index in [1.807, 2.05) is 19.1 Å². The predicted octanol–water partition coefficient (Wildman–Crippen LogP) is 4.50. The summed E-state index contributed by atoms with van der Waals surface area (Å²) in [7, 11) is 0. The van der Waals surface area contributed by atoms with Gasteiger partial charge in [-0.2, -0.15) is 18.2 Å². The number of nitrogens with one attached hydrogen (secondary N) is 1. The van der Waals surface area contributed by atoms with Gasteiger partial charge in [0.1, 0.15) is 5.75 Å². The van der Waals surface area contributed by atoms with Gasteiger partial charge in [0, 0.05) is 31.7 Å². The SMILES string of the molecule is CCOc1ccccc1NC(=O)N1CCN(Cc2noc(-c3ccc(C(F)(F)F)cc3)n2)CC1. The maximum absolute atomic E-state index is 12.7. The fraction of sp³-hybridized carbons (Fsp3) is 0.348. The van der Waals surface area contributed by atoms with Gasteiger partial charge in [-0.1, -0.05) is 17.3 Å². The molecule has 0 radical (unpaired) electrons. The minimum atomic E-state index is -4.40. The summed E-state index contributed by atoms with van der Waals surface area (Å²) in [6.45, 7) is 5.07. The predicted molar refractivity (Wildman–Crippen MR) is 118 cm³/mol. The standard InChI is InChI=1S/C23H24F3N5O3/c1-2-33-19-6-4-3-5-18(19)27-22(32)31-13-11-30(12-14-31)15-20-28-21(34-29-20)16-7-9-17(10-8-16)23(24,25)26/h3-10H,2,11-15H2,1H3,(H,27,32).